The van der Waals surface area contributed by atoms with Crippen LogP contribution in [0.4, 0.5) is 10.9 Å². The first-order chi connectivity index (χ1) is 15.8. The number of hydrogen-bond acceptors (Lipinski definition) is 8. The molecule has 1 saturated carbocycles. The number of likely N-dealkylation sites (tertiary alicyclic amines) is 1. The van der Waals surface area contributed by atoms with E-state index in [1.807, 2.05) is 29.2 Å². The second kappa shape index (κ2) is 8.55. The van der Waals surface area contributed by atoms with Crippen LogP contribution in [-0.4, -0.2) is 54.5 Å². The molecular weight excluding hydrogens is 420 g/mol. The third-order valence-electron chi connectivity index (χ3n) is 6.17. The largest absolute Gasteiger partial charge is 0.315 e. The lowest BCUT2D eigenvalue weighted by molar-refractivity contribution is 0.322. The molecule has 0 amide bonds. The smallest absolute Gasteiger partial charge is 0.211 e. The molecule has 6 rings (SSSR count). The molecule has 1 aliphatic heterocycles. The Balaban J connectivity index is 1.15. The molecule has 4 aromatic rings. The minimum Gasteiger partial charge on any atom is -0.315 e. The number of pyridine rings is 2. The van der Waals surface area contributed by atoms with E-state index < -0.39 is 0 Å². The van der Waals surface area contributed by atoms with Gasteiger partial charge in [-0.25, -0.2) is 4.98 Å². The van der Waals surface area contributed by atoms with E-state index in [0.717, 1.165) is 57.6 Å². The Morgan fingerprint density at radius 2 is 1.91 bits per heavy atom. The summed E-state index contributed by atoms with van der Waals surface area (Å²) in [7, 11) is 0. The van der Waals surface area contributed by atoms with Gasteiger partial charge < -0.3 is 10.2 Å². The Bertz CT molecular complexity index is 1220. The van der Waals surface area contributed by atoms with E-state index in [2.05, 4.69) is 42.8 Å². The first-order valence-corrected chi connectivity index (χ1v) is 12.2. The average Bonchev–Trinajstić information content (AvgIpc) is 3.20. The molecule has 5 heterocycles. The van der Waals surface area contributed by atoms with Crippen molar-refractivity contribution in [1.29, 1.82) is 0 Å². The van der Waals surface area contributed by atoms with Crippen LogP contribution < -0.4 is 5.32 Å². The van der Waals surface area contributed by atoms with Crippen LogP contribution in [0.1, 0.15) is 43.0 Å². The van der Waals surface area contributed by atoms with Crippen molar-refractivity contribution in [2.24, 2.45) is 0 Å². The van der Waals surface area contributed by atoms with Gasteiger partial charge in [-0.3, -0.25) is 9.67 Å². The first-order valence-electron chi connectivity index (χ1n) is 11.4. The minimum absolute atomic E-state index is 0.612. The highest BCUT2D eigenvalue weighted by molar-refractivity contribution is 7.15. The summed E-state index contributed by atoms with van der Waals surface area (Å²) >= 11 is 1.62. The highest BCUT2D eigenvalue weighted by Gasteiger charge is 2.27. The molecule has 1 saturated heterocycles. The molecule has 2 fully saturated rings. The Labute approximate surface area is 190 Å². The maximum Gasteiger partial charge on any atom is 0.211 e. The lowest BCUT2D eigenvalue weighted by Crippen LogP contribution is -2.21. The summed E-state index contributed by atoms with van der Waals surface area (Å²) in [6, 6.07) is 6.00. The van der Waals surface area contributed by atoms with Crippen LogP contribution >= 0.6 is 11.3 Å². The van der Waals surface area contributed by atoms with Crippen molar-refractivity contribution in [3.05, 3.63) is 41.8 Å². The molecule has 32 heavy (non-hydrogen) atoms. The molecule has 2 aliphatic rings. The maximum absolute atomic E-state index is 4.76. The summed E-state index contributed by atoms with van der Waals surface area (Å²) in [5, 5.41) is 18.3. The number of fused-ring (bicyclic) bond motifs is 1. The molecule has 1 aliphatic carbocycles. The molecule has 8 nitrogen and oxygen atoms in total. The van der Waals surface area contributed by atoms with Crippen LogP contribution in [0.3, 0.4) is 0 Å². The van der Waals surface area contributed by atoms with Crippen molar-refractivity contribution >= 4 is 33.3 Å². The van der Waals surface area contributed by atoms with E-state index in [1.165, 1.54) is 38.8 Å². The fourth-order valence-electron chi connectivity index (χ4n) is 4.22. The van der Waals surface area contributed by atoms with Crippen molar-refractivity contribution in [3.8, 4) is 11.1 Å². The van der Waals surface area contributed by atoms with E-state index >= 15 is 0 Å². The standard InChI is InChI=1S/C23H26N8S/c1-2-9-30(8-1)10-3-11-31-15-18(14-25-31)17-12-20-19(24-13-17)6-7-21(26-20)27-23-29-28-22(32-23)16-4-5-16/h6-7,12-16H,1-5,8-11H2,(H,26,27,29). The normalized spacial score (nSPS) is 16.8. The monoisotopic (exact) mass is 446 g/mol. The van der Waals surface area contributed by atoms with Crippen LogP contribution in [0, 0.1) is 0 Å². The minimum atomic E-state index is 0.612. The van der Waals surface area contributed by atoms with Gasteiger partial charge in [0.1, 0.15) is 10.8 Å². The quantitative estimate of drug-likeness (QED) is 0.428. The SMILES string of the molecule is c1nc2ccc(Nc3nnc(C4CC4)s3)nc2cc1-c1cnn(CCCN2CCCC2)c1. The van der Waals surface area contributed by atoms with Crippen molar-refractivity contribution in [2.75, 3.05) is 25.0 Å². The zero-order valence-corrected chi connectivity index (χ0v) is 18.8. The summed E-state index contributed by atoms with van der Waals surface area (Å²) in [6.45, 7) is 4.59. The lowest BCUT2D eigenvalue weighted by atomic mass is 10.1. The molecule has 0 radical (unpaired) electrons. The topological polar surface area (TPSA) is 84.6 Å². The summed E-state index contributed by atoms with van der Waals surface area (Å²) < 4.78 is 2.04. The summed E-state index contributed by atoms with van der Waals surface area (Å²) in [5.41, 5.74) is 3.81. The molecule has 9 heteroatoms. The third kappa shape index (κ3) is 4.35. The van der Waals surface area contributed by atoms with Gasteiger partial charge in [0, 0.05) is 36.0 Å². The van der Waals surface area contributed by atoms with Crippen molar-refractivity contribution in [1.82, 2.24) is 34.8 Å². The van der Waals surface area contributed by atoms with Crippen LogP contribution in [0.2, 0.25) is 0 Å². The van der Waals surface area contributed by atoms with Crippen molar-refractivity contribution < 1.29 is 0 Å². The number of aryl methyl sites for hydroxylation is 1. The fraction of sp³-hybridized carbons (Fsp3) is 0.435. The molecule has 4 aromatic heterocycles. The van der Waals surface area contributed by atoms with Crippen LogP contribution in [0.5, 0.6) is 0 Å². The predicted molar refractivity (Wildman–Crippen MR) is 126 cm³/mol. The molecule has 0 unspecified atom stereocenters. The van der Waals surface area contributed by atoms with Gasteiger partial charge in [-0.2, -0.15) is 5.10 Å². The molecule has 164 valence electrons. The van der Waals surface area contributed by atoms with Crippen molar-refractivity contribution in [2.45, 2.75) is 44.6 Å². The second-order valence-electron chi connectivity index (χ2n) is 8.70. The van der Waals surface area contributed by atoms with Gasteiger partial charge in [-0.1, -0.05) is 11.3 Å². The maximum atomic E-state index is 4.76. The number of aromatic nitrogens is 6. The highest BCUT2D eigenvalue weighted by Crippen LogP contribution is 2.42. The Morgan fingerprint density at radius 3 is 2.78 bits per heavy atom. The van der Waals surface area contributed by atoms with Gasteiger partial charge in [0.2, 0.25) is 5.13 Å². The number of nitrogens with zero attached hydrogens (tertiary/aromatic N) is 7. The van der Waals surface area contributed by atoms with Gasteiger partial charge in [0.25, 0.3) is 0 Å². The lowest BCUT2D eigenvalue weighted by Gasteiger charge is -2.13. The zero-order valence-electron chi connectivity index (χ0n) is 17.9. The van der Waals surface area contributed by atoms with Crippen LogP contribution in [0.15, 0.2) is 36.8 Å². The van der Waals surface area contributed by atoms with Crippen LogP contribution in [-0.2, 0) is 6.54 Å². The molecule has 0 bridgehead atoms. The van der Waals surface area contributed by atoms with Gasteiger partial charge in [0.15, 0.2) is 0 Å². The summed E-state index contributed by atoms with van der Waals surface area (Å²) in [5.74, 6) is 1.37. The fourth-order valence-corrected chi connectivity index (χ4v) is 5.14. The van der Waals surface area contributed by atoms with E-state index in [4.69, 9.17) is 4.98 Å². The number of rotatable bonds is 8. The third-order valence-corrected chi connectivity index (χ3v) is 7.17. The highest BCUT2D eigenvalue weighted by atomic mass is 32.1. The van der Waals surface area contributed by atoms with E-state index in [0.29, 0.717) is 5.92 Å². The van der Waals surface area contributed by atoms with Gasteiger partial charge >= 0.3 is 0 Å². The van der Waals surface area contributed by atoms with Crippen LogP contribution in [0.25, 0.3) is 22.2 Å². The van der Waals surface area contributed by atoms with E-state index in [1.54, 1.807) is 11.3 Å². The second-order valence-corrected chi connectivity index (χ2v) is 9.71. The van der Waals surface area contributed by atoms with Gasteiger partial charge in [-0.15, -0.1) is 10.2 Å². The van der Waals surface area contributed by atoms with Gasteiger partial charge in [0.05, 0.1) is 17.2 Å². The number of hydrogen-bond donors (Lipinski definition) is 1. The summed E-state index contributed by atoms with van der Waals surface area (Å²) in [4.78, 5) is 11.9. The number of anilines is 2. The molecule has 0 aromatic carbocycles. The average molecular weight is 447 g/mol. The van der Waals surface area contributed by atoms with Crippen molar-refractivity contribution in [3.63, 3.8) is 0 Å². The Hall–Kier alpha value is -2.91. The van der Waals surface area contributed by atoms with E-state index in [-0.39, 0.29) is 0 Å². The van der Waals surface area contributed by atoms with E-state index in [9.17, 15) is 0 Å². The molecule has 0 atom stereocenters. The molecular formula is C23H26N8S. The zero-order chi connectivity index (χ0) is 21.3. The molecule has 1 N–H and O–H groups in total. The first kappa shape index (κ1) is 19.8. The van der Waals surface area contributed by atoms with Gasteiger partial charge in [-0.05, 0) is 69.9 Å². The molecule has 0 spiro atoms. The Morgan fingerprint density at radius 1 is 1.00 bits per heavy atom. The Kier molecular flexibility index (Phi) is 5.28. The summed E-state index contributed by atoms with van der Waals surface area (Å²) in [6.07, 6.45) is 12.2. The predicted octanol–water partition coefficient (Wildman–Crippen LogP) is 4.45. The number of nitrogens with one attached hydrogen (secondary N) is 1.